The number of aromatic nitrogens is 1. The molecule has 0 saturated carbocycles. The first-order valence-electron chi connectivity index (χ1n) is 8.29. The number of carbonyl (C=O) groups excluding carboxylic acids is 1. The lowest BCUT2D eigenvalue weighted by atomic mass is 10.2. The highest BCUT2D eigenvalue weighted by molar-refractivity contribution is 7.20. The average molecular weight is 374 g/mol. The molecule has 0 fully saturated rings. The Hall–Kier alpha value is -2.51. The molecule has 0 atom stereocenters. The molecule has 0 aliphatic rings. The summed E-state index contributed by atoms with van der Waals surface area (Å²) in [5.74, 6) is -0.570. The Morgan fingerprint density at radius 2 is 2.15 bits per heavy atom. The summed E-state index contributed by atoms with van der Waals surface area (Å²) in [6, 6.07) is 10.4. The summed E-state index contributed by atoms with van der Waals surface area (Å²) in [4.78, 5) is 17.9. The molecular formula is C19H19FN2O3S. The van der Waals surface area contributed by atoms with Gasteiger partial charge in [-0.3, -0.25) is 4.79 Å². The third-order valence-corrected chi connectivity index (χ3v) is 4.75. The molecule has 5 nitrogen and oxygen atoms in total. The van der Waals surface area contributed by atoms with Crippen molar-refractivity contribution in [1.82, 2.24) is 10.3 Å². The second-order valence-electron chi connectivity index (χ2n) is 5.47. The van der Waals surface area contributed by atoms with Crippen LogP contribution >= 0.6 is 11.3 Å². The predicted octanol–water partition coefficient (Wildman–Crippen LogP) is 3.78. The summed E-state index contributed by atoms with van der Waals surface area (Å²) >= 11 is 1.31. The number of benzene rings is 1. The number of hydrogen-bond acceptors (Lipinski definition) is 5. The number of ether oxygens (including phenoxy) is 2. The van der Waals surface area contributed by atoms with Crippen LogP contribution in [0.25, 0.3) is 10.2 Å². The molecule has 2 heterocycles. The number of hydrogen-bond donors (Lipinski definition) is 1. The van der Waals surface area contributed by atoms with E-state index in [2.05, 4.69) is 10.3 Å². The van der Waals surface area contributed by atoms with Gasteiger partial charge in [-0.1, -0.05) is 18.2 Å². The minimum absolute atomic E-state index is 0.0784. The lowest BCUT2D eigenvalue weighted by Crippen LogP contribution is -2.22. The van der Waals surface area contributed by atoms with Crippen LogP contribution < -0.4 is 10.1 Å². The molecule has 2 aromatic heterocycles. The molecule has 1 N–H and O–H groups in total. The highest BCUT2D eigenvalue weighted by Gasteiger charge is 2.13. The summed E-state index contributed by atoms with van der Waals surface area (Å²) in [7, 11) is 0. The van der Waals surface area contributed by atoms with Crippen molar-refractivity contribution in [2.45, 2.75) is 13.5 Å². The molecule has 1 aromatic carbocycles. The van der Waals surface area contributed by atoms with Gasteiger partial charge in [0.1, 0.15) is 11.4 Å². The van der Waals surface area contributed by atoms with Gasteiger partial charge in [0.15, 0.2) is 11.6 Å². The summed E-state index contributed by atoms with van der Waals surface area (Å²) in [5.41, 5.74) is 0.367. The fourth-order valence-corrected chi connectivity index (χ4v) is 3.32. The summed E-state index contributed by atoms with van der Waals surface area (Å²) in [6.07, 6.45) is 1.69. The maximum absolute atomic E-state index is 14.5. The third kappa shape index (κ3) is 4.36. The monoisotopic (exact) mass is 374 g/mol. The van der Waals surface area contributed by atoms with E-state index < -0.39 is 5.82 Å². The molecule has 26 heavy (non-hydrogen) atoms. The summed E-state index contributed by atoms with van der Waals surface area (Å²) < 4.78 is 25.0. The highest BCUT2D eigenvalue weighted by atomic mass is 32.1. The zero-order valence-corrected chi connectivity index (χ0v) is 15.1. The number of pyridine rings is 1. The molecule has 3 rings (SSSR count). The van der Waals surface area contributed by atoms with Gasteiger partial charge >= 0.3 is 0 Å². The number of halogens is 1. The Morgan fingerprint density at radius 1 is 1.27 bits per heavy atom. The Morgan fingerprint density at radius 3 is 2.96 bits per heavy atom. The molecule has 0 aliphatic heterocycles. The first-order valence-corrected chi connectivity index (χ1v) is 9.11. The predicted molar refractivity (Wildman–Crippen MR) is 99.2 cm³/mol. The molecule has 1 amide bonds. The first-order chi connectivity index (χ1) is 12.7. The maximum atomic E-state index is 14.5. The van der Waals surface area contributed by atoms with Gasteiger partial charge < -0.3 is 14.8 Å². The van der Waals surface area contributed by atoms with E-state index in [1.165, 1.54) is 11.3 Å². The van der Waals surface area contributed by atoms with Gasteiger partial charge in [0.05, 0.1) is 11.5 Å². The van der Waals surface area contributed by atoms with Crippen molar-refractivity contribution in [2.75, 3.05) is 19.8 Å². The molecule has 0 unspecified atom stereocenters. The fourth-order valence-electron chi connectivity index (χ4n) is 2.41. The molecular weight excluding hydrogens is 355 g/mol. The van der Waals surface area contributed by atoms with Crippen LogP contribution in [0.3, 0.4) is 0 Å². The van der Waals surface area contributed by atoms with Gasteiger partial charge in [0.2, 0.25) is 0 Å². The SMILES string of the molecule is CCOCCOc1cccc(CNC(=O)c2cc3cccnc3s2)c1F. The van der Waals surface area contributed by atoms with Gasteiger partial charge in [-0.05, 0) is 25.1 Å². The second-order valence-corrected chi connectivity index (χ2v) is 6.50. The van der Waals surface area contributed by atoms with E-state index in [4.69, 9.17) is 9.47 Å². The van der Waals surface area contributed by atoms with Gasteiger partial charge in [-0.15, -0.1) is 11.3 Å². The molecule has 3 aromatic rings. The molecule has 0 spiro atoms. The van der Waals surface area contributed by atoms with E-state index in [0.717, 1.165) is 10.2 Å². The van der Waals surface area contributed by atoms with Gasteiger partial charge in [0, 0.05) is 30.3 Å². The molecule has 0 bridgehead atoms. The number of rotatable bonds is 8. The van der Waals surface area contributed by atoms with Crippen LogP contribution in [0.5, 0.6) is 5.75 Å². The fraction of sp³-hybridized carbons (Fsp3) is 0.263. The van der Waals surface area contributed by atoms with Crippen molar-refractivity contribution in [3.05, 3.63) is 58.9 Å². The zero-order chi connectivity index (χ0) is 18.4. The Balaban J connectivity index is 1.62. The van der Waals surface area contributed by atoms with Crippen molar-refractivity contribution in [1.29, 1.82) is 0 Å². The van der Waals surface area contributed by atoms with Crippen LogP contribution in [0.2, 0.25) is 0 Å². The van der Waals surface area contributed by atoms with Crippen LogP contribution in [-0.2, 0) is 11.3 Å². The molecule has 7 heteroatoms. The number of amides is 1. The lowest BCUT2D eigenvalue weighted by molar-refractivity contribution is 0.0954. The lowest BCUT2D eigenvalue weighted by Gasteiger charge is -2.11. The number of thiophene rings is 1. The van der Waals surface area contributed by atoms with Gasteiger partial charge in [-0.2, -0.15) is 0 Å². The summed E-state index contributed by atoms with van der Waals surface area (Å²) in [5, 5.41) is 3.66. The highest BCUT2D eigenvalue weighted by Crippen LogP contribution is 2.24. The van der Waals surface area contributed by atoms with Crippen LogP contribution in [-0.4, -0.2) is 30.7 Å². The van der Waals surface area contributed by atoms with E-state index in [-0.39, 0.29) is 24.8 Å². The van der Waals surface area contributed by atoms with Gasteiger partial charge in [0.25, 0.3) is 5.91 Å². The molecule has 0 saturated heterocycles. The van der Waals surface area contributed by atoms with Crippen LogP contribution in [0, 0.1) is 5.82 Å². The largest absolute Gasteiger partial charge is 0.488 e. The second kappa shape index (κ2) is 8.73. The quantitative estimate of drug-likeness (QED) is 0.610. The van der Waals surface area contributed by atoms with Crippen molar-refractivity contribution >= 4 is 27.5 Å². The van der Waals surface area contributed by atoms with Gasteiger partial charge in [-0.25, -0.2) is 9.37 Å². The van der Waals surface area contributed by atoms with E-state index >= 15 is 0 Å². The number of nitrogens with one attached hydrogen (secondary N) is 1. The maximum Gasteiger partial charge on any atom is 0.261 e. The Labute approximate surface area is 154 Å². The minimum atomic E-state index is -0.470. The van der Waals surface area contributed by atoms with E-state index in [9.17, 15) is 9.18 Å². The first kappa shape index (κ1) is 18.3. The standard InChI is InChI=1S/C19H19FN2O3S/c1-2-24-9-10-25-15-7-3-5-14(17(15)20)12-22-18(23)16-11-13-6-4-8-21-19(13)26-16/h3-8,11H,2,9-10,12H2,1H3,(H,22,23). The molecule has 136 valence electrons. The van der Waals surface area contributed by atoms with E-state index in [0.29, 0.717) is 23.7 Å². The molecule has 0 radical (unpaired) electrons. The topological polar surface area (TPSA) is 60.5 Å². The smallest absolute Gasteiger partial charge is 0.261 e. The van der Waals surface area contributed by atoms with Crippen molar-refractivity contribution in [3.63, 3.8) is 0 Å². The Bertz CT molecular complexity index is 864. The van der Waals surface area contributed by atoms with Crippen molar-refractivity contribution in [3.8, 4) is 5.75 Å². The number of carbonyl (C=O) groups is 1. The number of nitrogens with zero attached hydrogens (tertiary/aromatic N) is 1. The summed E-state index contributed by atoms with van der Waals surface area (Å²) in [6.45, 7) is 3.23. The normalized spacial score (nSPS) is 10.8. The van der Waals surface area contributed by atoms with Crippen molar-refractivity contribution < 1.29 is 18.7 Å². The van der Waals surface area contributed by atoms with E-state index in [1.54, 1.807) is 30.5 Å². The Kier molecular flexibility index (Phi) is 6.14. The van der Waals surface area contributed by atoms with E-state index in [1.807, 2.05) is 19.1 Å². The molecule has 0 aliphatic carbocycles. The number of fused-ring (bicyclic) bond motifs is 1. The minimum Gasteiger partial charge on any atom is -0.488 e. The zero-order valence-electron chi connectivity index (χ0n) is 14.3. The van der Waals surface area contributed by atoms with Crippen LogP contribution in [0.4, 0.5) is 4.39 Å². The third-order valence-electron chi connectivity index (χ3n) is 3.69. The van der Waals surface area contributed by atoms with Crippen LogP contribution in [0.15, 0.2) is 42.6 Å². The average Bonchev–Trinajstić information content (AvgIpc) is 3.09. The van der Waals surface area contributed by atoms with Crippen molar-refractivity contribution in [2.24, 2.45) is 0 Å². The van der Waals surface area contributed by atoms with Crippen LogP contribution in [0.1, 0.15) is 22.2 Å².